The number of pyridine rings is 1. The van der Waals surface area contributed by atoms with Gasteiger partial charge in [0.1, 0.15) is 18.2 Å². The predicted octanol–water partition coefficient (Wildman–Crippen LogP) is 8.56. The lowest BCUT2D eigenvalue weighted by atomic mass is 9.78. The maximum absolute atomic E-state index is 10.1. The molecule has 6 rings (SSSR count). The van der Waals surface area contributed by atoms with Crippen molar-refractivity contribution in [3.63, 3.8) is 0 Å². The van der Waals surface area contributed by atoms with Crippen molar-refractivity contribution in [1.29, 1.82) is 5.26 Å². The van der Waals surface area contributed by atoms with E-state index in [9.17, 15) is 5.26 Å². The zero-order valence-corrected chi connectivity index (χ0v) is 22.5. The van der Waals surface area contributed by atoms with Crippen molar-refractivity contribution < 1.29 is 13.1 Å². The minimum absolute atomic E-state index is 0.186. The number of hydrogen-bond donors (Lipinski definition) is 0. The predicted molar refractivity (Wildman–Crippen MR) is 159 cm³/mol. The van der Waals surface area contributed by atoms with Crippen LogP contribution >= 0.6 is 0 Å². The first kappa shape index (κ1) is 21.3. The van der Waals surface area contributed by atoms with Gasteiger partial charge in [0, 0.05) is 38.0 Å². The van der Waals surface area contributed by atoms with Crippen LogP contribution in [0.15, 0.2) is 102 Å². The molecule has 0 saturated heterocycles. The van der Waals surface area contributed by atoms with Crippen LogP contribution in [0, 0.1) is 25.1 Å². The van der Waals surface area contributed by atoms with Crippen LogP contribution in [0.1, 0.15) is 45.8 Å². The van der Waals surface area contributed by atoms with E-state index in [2.05, 4.69) is 68.4 Å². The molecule has 39 heavy (non-hydrogen) atoms. The second-order valence-corrected chi connectivity index (χ2v) is 10.7. The molecule has 0 unspecified atom stereocenters. The van der Waals surface area contributed by atoms with Crippen molar-refractivity contribution in [1.82, 2.24) is 0 Å². The minimum Gasteiger partial charge on any atom is -0.454 e. The molecule has 4 aromatic carbocycles. The highest BCUT2D eigenvalue weighted by atomic mass is 16.3. The van der Waals surface area contributed by atoms with Crippen molar-refractivity contribution in [2.45, 2.75) is 33.0 Å². The van der Waals surface area contributed by atoms with Gasteiger partial charge in [-0.1, -0.05) is 80.6 Å². The minimum atomic E-state index is -2.23. The van der Waals surface area contributed by atoms with E-state index in [-0.39, 0.29) is 11.0 Å². The third kappa shape index (κ3) is 4.01. The number of aromatic nitrogens is 1. The third-order valence-corrected chi connectivity index (χ3v) is 7.94. The molecule has 0 bridgehead atoms. The van der Waals surface area contributed by atoms with Gasteiger partial charge in [-0.3, -0.25) is 0 Å². The van der Waals surface area contributed by atoms with E-state index in [0.29, 0.717) is 16.7 Å². The fourth-order valence-corrected chi connectivity index (χ4v) is 5.59. The number of fused-ring (bicyclic) bond motifs is 3. The monoisotopic (exact) mass is 510 g/mol. The van der Waals surface area contributed by atoms with Crippen LogP contribution in [0.2, 0.25) is 0 Å². The topological polar surface area (TPSA) is 40.8 Å². The van der Waals surface area contributed by atoms with Crippen LogP contribution in [-0.2, 0) is 12.5 Å². The van der Waals surface area contributed by atoms with Gasteiger partial charge in [-0.25, -0.2) is 4.57 Å². The second-order valence-electron chi connectivity index (χ2n) is 10.7. The Labute approximate surface area is 233 Å². The molecule has 0 atom stereocenters. The van der Waals surface area contributed by atoms with Gasteiger partial charge in [0.05, 0.1) is 17.2 Å². The Balaban J connectivity index is 1.56. The standard InChI is InChI=1S/C36H31N2O/c1-23-19-20-38(5)31(21-23)32-24(2)11-17-29-30-18-14-26(22-37)33(35(30)39-34(29)32)25-12-15-28(16-13-25)36(3,4)27-9-7-6-8-10-27/h6-21H,1-5H3/q+1/i1D3. The molecule has 6 aromatic rings. The summed E-state index contributed by atoms with van der Waals surface area (Å²) >= 11 is 0. The van der Waals surface area contributed by atoms with Crippen molar-refractivity contribution in [3.8, 4) is 28.5 Å². The Bertz CT molecular complexity index is 2010. The maximum atomic E-state index is 10.1. The van der Waals surface area contributed by atoms with Crippen molar-refractivity contribution in [2.24, 2.45) is 7.05 Å². The number of hydrogen-bond acceptors (Lipinski definition) is 2. The number of furan rings is 1. The van der Waals surface area contributed by atoms with Crippen LogP contribution < -0.4 is 4.57 Å². The van der Waals surface area contributed by atoms with Gasteiger partial charge in [0.2, 0.25) is 5.69 Å². The Kier molecular flexibility index (Phi) is 5.05. The molecule has 0 spiro atoms. The first-order chi connectivity index (χ1) is 20.0. The lowest BCUT2D eigenvalue weighted by Gasteiger charge is -2.26. The molecule has 0 N–H and O–H groups in total. The van der Waals surface area contributed by atoms with E-state index in [4.69, 9.17) is 8.53 Å². The third-order valence-electron chi connectivity index (χ3n) is 7.94. The van der Waals surface area contributed by atoms with Gasteiger partial charge >= 0.3 is 0 Å². The van der Waals surface area contributed by atoms with Crippen LogP contribution in [0.5, 0.6) is 0 Å². The molecule has 0 aliphatic carbocycles. The summed E-state index contributed by atoms with van der Waals surface area (Å²) in [5.74, 6) is 0. The summed E-state index contributed by atoms with van der Waals surface area (Å²) < 4.78 is 32.4. The molecule has 0 amide bonds. The summed E-state index contributed by atoms with van der Waals surface area (Å²) in [6, 6.07) is 32.4. The number of aryl methyl sites for hydroxylation is 3. The van der Waals surface area contributed by atoms with E-state index < -0.39 is 6.85 Å². The van der Waals surface area contributed by atoms with E-state index in [1.54, 1.807) is 18.3 Å². The molecule has 0 fully saturated rings. The molecule has 0 saturated carbocycles. The average Bonchev–Trinajstić information content (AvgIpc) is 3.35. The lowest BCUT2D eigenvalue weighted by molar-refractivity contribution is -0.660. The highest BCUT2D eigenvalue weighted by Crippen LogP contribution is 2.42. The van der Waals surface area contributed by atoms with Gasteiger partial charge in [-0.15, -0.1) is 0 Å². The second kappa shape index (κ2) is 9.26. The number of rotatable bonds is 4. The first-order valence-corrected chi connectivity index (χ1v) is 13.1. The maximum Gasteiger partial charge on any atom is 0.216 e. The summed E-state index contributed by atoms with van der Waals surface area (Å²) in [6.45, 7) is 4.19. The Morgan fingerprint density at radius 1 is 0.821 bits per heavy atom. The number of nitrogens with zero attached hydrogens (tertiary/aromatic N) is 2. The van der Waals surface area contributed by atoms with Crippen LogP contribution in [0.25, 0.3) is 44.3 Å². The van der Waals surface area contributed by atoms with Gasteiger partial charge < -0.3 is 4.42 Å². The number of benzene rings is 4. The summed E-state index contributed by atoms with van der Waals surface area (Å²) in [7, 11) is 1.90. The molecule has 3 nitrogen and oxygen atoms in total. The SMILES string of the molecule is [2H]C([2H])([2H])c1cc[n+](C)c(-c2c(C)ccc3c2oc2c(-c4ccc(C(C)(C)c5ccccc5)cc4)c(C#N)ccc23)c1. The van der Waals surface area contributed by atoms with Crippen molar-refractivity contribution in [3.05, 3.63) is 125 Å². The molecule has 0 radical (unpaired) electrons. The molecular formula is C36H31N2O+. The van der Waals surface area contributed by atoms with Gasteiger partial charge in [0.25, 0.3) is 0 Å². The summed E-state index contributed by atoms with van der Waals surface area (Å²) in [4.78, 5) is 0. The molecule has 2 aromatic heterocycles. The van der Waals surface area contributed by atoms with E-state index in [1.165, 1.54) is 11.1 Å². The zero-order chi connectivity index (χ0) is 29.8. The van der Waals surface area contributed by atoms with E-state index >= 15 is 0 Å². The van der Waals surface area contributed by atoms with Gasteiger partial charge in [0.15, 0.2) is 6.20 Å². The van der Waals surface area contributed by atoms with Crippen LogP contribution in [0.3, 0.4) is 0 Å². The molecule has 0 aliphatic heterocycles. The summed E-state index contributed by atoms with van der Waals surface area (Å²) in [5.41, 5.74) is 8.53. The Morgan fingerprint density at radius 3 is 2.18 bits per heavy atom. The molecule has 190 valence electrons. The summed E-state index contributed by atoms with van der Waals surface area (Å²) in [5, 5.41) is 11.9. The average molecular weight is 511 g/mol. The fraction of sp³-hybridized carbons (Fsp3) is 0.167. The highest BCUT2D eigenvalue weighted by molar-refractivity contribution is 6.14. The quantitative estimate of drug-likeness (QED) is 0.223. The summed E-state index contributed by atoms with van der Waals surface area (Å²) in [6.07, 6.45) is 1.77. The Morgan fingerprint density at radius 2 is 1.49 bits per heavy atom. The normalized spacial score (nSPS) is 13.2. The van der Waals surface area contributed by atoms with Crippen molar-refractivity contribution in [2.75, 3.05) is 0 Å². The van der Waals surface area contributed by atoms with Gasteiger partial charge in [-0.05, 0) is 53.7 Å². The van der Waals surface area contributed by atoms with Crippen LogP contribution in [-0.4, -0.2) is 0 Å². The highest BCUT2D eigenvalue weighted by Gasteiger charge is 2.25. The smallest absolute Gasteiger partial charge is 0.216 e. The molecule has 2 heterocycles. The molecule has 0 aliphatic rings. The zero-order valence-electron chi connectivity index (χ0n) is 25.5. The lowest BCUT2D eigenvalue weighted by Crippen LogP contribution is -2.30. The van der Waals surface area contributed by atoms with Gasteiger partial charge in [-0.2, -0.15) is 5.26 Å². The fourth-order valence-electron chi connectivity index (χ4n) is 5.59. The Hall–Kier alpha value is -4.68. The largest absolute Gasteiger partial charge is 0.454 e. The van der Waals surface area contributed by atoms with Crippen LogP contribution in [0.4, 0.5) is 0 Å². The van der Waals surface area contributed by atoms with Crippen molar-refractivity contribution >= 4 is 21.9 Å². The molecular weight excluding hydrogens is 476 g/mol. The van der Waals surface area contributed by atoms with E-state index in [0.717, 1.165) is 38.7 Å². The van der Waals surface area contributed by atoms with E-state index in [1.807, 2.05) is 48.9 Å². The molecule has 3 heteroatoms. The number of nitriles is 1. The first-order valence-electron chi connectivity index (χ1n) is 14.6.